The van der Waals surface area contributed by atoms with Gasteiger partial charge in [0.25, 0.3) is 5.56 Å². The number of oxazole rings is 1. The largest absolute Gasteiger partial charge is 0.439 e. The first-order valence-electron chi connectivity index (χ1n) is 10.3. The van der Waals surface area contributed by atoms with Crippen LogP contribution in [-0.2, 0) is 15.8 Å². The van der Waals surface area contributed by atoms with Crippen LogP contribution in [0, 0.1) is 0 Å². The first-order chi connectivity index (χ1) is 17.9. The molecule has 3 aromatic rings. The number of aliphatic hydroxyl groups is 3. The molecule has 17 heteroatoms. The Morgan fingerprint density at radius 2 is 1.65 bits per heavy atom. The molecule has 0 aliphatic carbocycles. The average molecular weight is 579 g/mol. The molecular formula is C20H28N3O11P3. The van der Waals surface area contributed by atoms with Crippen LogP contribution in [0.15, 0.2) is 62.8 Å². The first-order valence-corrected chi connectivity index (χ1v) is 12.1. The maximum Gasteiger partial charge on any atom is 0.333 e. The number of hydrogen-bond acceptors (Lipinski definition) is 11. The molecule has 1 aliphatic heterocycles. The van der Waals surface area contributed by atoms with Crippen molar-refractivity contribution in [3.8, 4) is 11.5 Å². The molecule has 6 N–H and O–H groups in total. The Bertz CT molecular complexity index is 1190. The third-order valence-electron chi connectivity index (χ3n) is 5.01. The quantitative estimate of drug-likeness (QED) is 0.203. The molecule has 1 aromatic carbocycles. The Labute approximate surface area is 216 Å². The summed E-state index contributed by atoms with van der Waals surface area (Å²) in [5.74, 6) is 0.663. The van der Waals surface area contributed by atoms with Gasteiger partial charge in [0, 0.05) is 24.4 Å². The highest BCUT2D eigenvalue weighted by molar-refractivity contribution is 7.16. The highest BCUT2D eigenvalue weighted by atomic mass is 31.1. The van der Waals surface area contributed by atoms with Gasteiger partial charge in [0.2, 0.25) is 5.89 Å². The van der Waals surface area contributed by atoms with Gasteiger partial charge < -0.3 is 39.2 Å². The van der Waals surface area contributed by atoms with Gasteiger partial charge in [-0.05, 0) is 37.5 Å². The van der Waals surface area contributed by atoms with E-state index >= 15 is 0 Å². The molecule has 0 radical (unpaired) electrons. The maximum atomic E-state index is 12.9. The molecule has 37 heavy (non-hydrogen) atoms. The number of aliphatic hydroxyl groups excluding tert-OH is 3. The highest BCUT2D eigenvalue weighted by Gasteiger charge is 2.43. The van der Waals surface area contributed by atoms with E-state index < -0.39 is 44.5 Å². The van der Waals surface area contributed by atoms with E-state index in [1.165, 1.54) is 31.3 Å². The monoisotopic (exact) mass is 579 g/mol. The molecule has 204 valence electrons. The van der Waals surface area contributed by atoms with Gasteiger partial charge in [0.15, 0.2) is 6.23 Å². The standard InChI is InChI=1S/C20H21N3O7.HO2P.2H3OP/c24-9-7-14-16(26)17(27)19(30-14)22-8-6-15(25)23(20(22)28)11-13-10-21-18(29-13)12-4-2-1-3-5-12;1-3-2;2*1-2/h1-6,8,10,14,16-17,19,24,26-27H,7,9,11H2;(H,1,2);2*1H,2H2. The van der Waals surface area contributed by atoms with Crippen LogP contribution in [-0.4, -0.2) is 69.0 Å². The minimum absolute atomic E-state index is 0.101. The molecule has 0 bridgehead atoms. The van der Waals surface area contributed by atoms with E-state index in [9.17, 15) is 19.8 Å². The molecule has 14 nitrogen and oxygen atoms in total. The van der Waals surface area contributed by atoms with Crippen LogP contribution < -0.4 is 11.2 Å². The summed E-state index contributed by atoms with van der Waals surface area (Å²) in [4.78, 5) is 50.2. The lowest BCUT2D eigenvalue weighted by Gasteiger charge is -2.18. The lowest BCUT2D eigenvalue weighted by Crippen LogP contribution is -2.43. The van der Waals surface area contributed by atoms with E-state index in [0.717, 1.165) is 20.8 Å². The topological polar surface area (TPSA) is 218 Å². The van der Waals surface area contributed by atoms with Crippen molar-refractivity contribution in [3.63, 3.8) is 0 Å². The van der Waals surface area contributed by atoms with Crippen molar-refractivity contribution in [2.45, 2.75) is 37.5 Å². The minimum Gasteiger partial charge on any atom is -0.439 e. The summed E-state index contributed by atoms with van der Waals surface area (Å²) in [6.07, 6.45) is -1.93. The molecule has 3 heterocycles. The number of rotatable bonds is 6. The van der Waals surface area contributed by atoms with E-state index in [1.807, 2.05) is 30.3 Å². The SMILES string of the molecule is O=PO.O=c1ccn(C2OC(CCO)C(O)C2O)c(=O)n1Cc1cnc(-c2ccccc2)o1.OP.OP. The van der Waals surface area contributed by atoms with Gasteiger partial charge in [0.05, 0.1) is 18.8 Å². The number of aromatic nitrogens is 3. The fourth-order valence-corrected chi connectivity index (χ4v) is 3.45. The second kappa shape index (κ2) is 17.3. The van der Waals surface area contributed by atoms with Gasteiger partial charge in [-0.2, -0.15) is 0 Å². The van der Waals surface area contributed by atoms with Crippen LogP contribution in [0.4, 0.5) is 0 Å². The van der Waals surface area contributed by atoms with Gasteiger partial charge in [-0.3, -0.25) is 13.9 Å². The minimum atomic E-state index is -1.39. The summed E-state index contributed by atoms with van der Waals surface area (Å²) in [5, 5.41) is 29.4. The van der Waals surface area contributed by atoms with Crippen molar-refractivity contribution < 1.29 is 43.7 Å². The zero-order chi connectivity index (χ0) is 28.0. The Hall–Kier alpha value is -2.21. The summed E-state index contributed by atoms with van der Waals surface area (Å²) in [6.45, 7) is -0.408. The normalized spacial score (nSPS) is 20.1. The van der Waals surface area contributed by atoms with Crippen molar-refractivity contribution in [1.82, 2.24) is 14.1 Å². The van der Waals surface area contributed by atoms with Crippen LogP contribution in [0.5, 0.6) is 0 Å². The third-order valence-corrected chi connectivity index (χ3v) is 5.01. The van der Waals surface area contributed by atoms with Crippen molar-refractivity contribution in [3.05, 3.63) is 75.4 Å². The molecule has 2 aromatic heterocycles. The molecule has 1 saturated heterocycles. The molecule has 6 atom stereocenters. The summed E-state index contributed by atoms with van der Waals surface area (Å²) in [5.41, 5.74) is -0.539. The number of ether oxygens (including phenoxy) is 1. The van der Waals surface area contributed by atoms with Crippen LogP contribution in [0.2, 0.25) is 0 Å². The van der Waals surface area contributed by atoms with Crippen molar-refractivity contribution in [2.24, 2.45) is 0 Å². The zero-order valence-corrected chi connectivity index (χ0v) is 22.4. The fourth-order valence-electron chi connectivity index (χ4n) is 3.45. The Morgan fingerprint density at radius 1 is 1.03 bits per heavy atom. The first kappa shape index (κ1) is 32.8. The lowest BCUT2D eigenvalue weighted by atomic mass is 10.1. The Balaban J connectivity index is 0.000000894. The van der Waals surface area contributed by atoms with E-state index in [2.05, 4.69) is 4.98 Å². The van der Waals surface area contributed by atoms with E-state index in [-0.39, 0.29) is 19.6 Å². The molecule has 0 amide bonds. The Morgan fingerprint density at radius 3 is 2.24 bits per heavy atom. The molecule has 0 saturated carbocycles. The maximum absolute atomic E-state index is 12.9. The second-order valence-corrected chi connectivity index (χ2v) is 7.23. The lowest BCUT2D eigenvalue weighted by molar-refractivity contribution is -0.0458. The molecule has 4 rings (SSSR count). The van der Waals surface area contributed by atoms with Gasteiger partial charge in [-0.25, -0.2) is 14.3 Å². The highest BCUT2D eigenvalue weighted by Crippen LogP contribution is 2.29. The Kier molecular flexibility index (Phi) is 15.4. The predicted molar refractivity (Wildman–Crippen MR) is 137 cm³/mol. The van der Waals surface area contributed by atoms with E-state index in [4.69, 9.17) is 33.5 Å². The molecule has 1 fully saturated rings. The van der Waals surface area contributed by atoms with Crippen LogP contribution in [0.3, 0.4) is 0 Å². The molecular weight excluding hydrogens is 551 g/mol. The second-order valence-electron chi connectivity index (χ2n) is 7.07. The predicted octanol–water partition coefficient (Wildman–Crippen LogP) is -0.562. The fraction of sp³-hybridized carbons (Fsp3) is 0.350. The number of nitrogens with zero attached hydrogens (tertiary/aromatic N) is 3. The van der Waals surface area contributed by atoms with Crippen LogP contribution >= 0.6 is 27.6 Å². The van der Waals surface area contributed by atoms with Gasteiger partial charge in [-0.15, -0.1) is 0 Å². The van der Waals surface area contributed by atoms with Crippen LogP contribution in [0.1, 0.15) is 18.4 Å². The van der Waals surface area contributed by atoms with Crippen molar-refractivity contribution in [2.75, 3.05) is 6.61 Å². The summed E-state index contributed by atoms with van der Waals surface area (Å²) in [7, 11) is 2.00. The summed E-state index contributed by atoms with van der Waals surface area (Å²) >= 11 is 0. The number of hydrogen-bond donors (Lipinski definition) is 6. The van der Waals surface area contributed by atoms with Gasteiger partial charge in [0.1, 0.15) is 18.0 Å². The van der Waals surface area contributed by atoms with E-state index in [1.54, 1.807) is 0 Å². The zero-order valence-electron chi connectivity index (χ0n) is 19.2. The van der Waals surface area contributed by atoms with Crippen molar-refractivity contribution >= 4 is 27.6 Å². The van der Waals surface area contributed by atoms with Crippen molar-refractivity contribution in [1.29, 1.82) is 0 Å². The smallest absolute Gasteiger partial charge is 0.333 e. The van der Waals surface area contributed by atoms with Gasteiger partial charge in [-0.1, -0.05) is 18.2 Å². The number of benzene rings is 1. The average Bonchev–Trinajstić information content (AvgIpc) is 3.51. The third kappa shape index (κ3) is 8.66. The van der Waals surface area contributed by atoms with Gasteiger partial charge >= 0.3 is 14.4 Å². The summed E-state index contributed by atoms with van der Waals surface area (Å²) < 4.78 is 21.6. The van der Waals surface area contributed by atoms with Crippen LogP contribution in [0.25, 0.3) is 11.5 Å². The molecule has 1 aliphatic rings. The summed E-state index contributed by atoms with van der Waals surface area (Å²) in [6, 6.07) is 10.4. The molecule has 6 unspecified atom stereocenters. The van der Waals surface area contributed by atoms with E-state index in [0.29, 0.717) is 11.7 Å². The molecule has 0 spiro atoms.